The lowest BCUT2D eigenvalue weighted by molar-refractivity contribution is -0.240. The molecule has 3 aliphatic rings. The van der Waals surface area contributed by atoms with Gasteiger partial charge in [0.2, 0.25) is 0 Å². The standard InChI is InChI=1S/C29H40O8/c1-5-23(32)26(36-18(4)30)25-16(2)11-12-29(34,17(25)3)27(37-28(33)19-9-7-6-8-10-19)21-13-20(31)14-24-22(21)15-35-24/h6-10,16-17,20-22,24-27,31,34H,5,11-15H2,1-4H3/t16?,17-,20-,21+,22+,24-,25?,26+,27+,29?/m1/s1. The number of ether oxygens (including phenoxy) is 3. The van der Waals surface area contributed by atoms with Crippen LogP contribution in [0.25, 0.3) is 0 Å². The summed E-state index contributed by atoms with van der Waals surface area (Å²) >= 11 is 0. The Morgan fingerprint density at radius 3 is 2.43 bits per heavy atom. The second kappa shape index (κ2) is 11.2. The summed E-state index contributed by atoms with van der Waals surface area (Å²) in [6.07, 6.45) is -0.643. The third-order valence-corrected chi connectivity index (χ3v) is 9.04. The van der Waals surface area contributed by atoms with Crippen LogP contribution in [0.15, 0.2) is 30.3 Å². The Morgan fingerprint density at radius 1 is 1.14 bits per heavy atom. The van der Waals surface area contributed by atoms with Crippen molar-refractivity contribution in [1.82, 2.24) is 0 Å². The molecule has 8 heteroatoms. The average molecular weight is 517 g/mol. The van der Waals surface area contributed by atoms with Gasteiger partial charge in [0, 0.05) is 31.1 Å². The Labute approximate surface area is 218 Å². The molecule has 1 saturated heterocycles. The van der Waals surface area contributed by atoms with Crippen LogP contribution in [0, 0.1) is 29.6 Å². The predicted molar refractivity (Wildman–Crippen MR) is 134 cm³/mol. The molecule has 1 heterocycles. The van der Waals surface area contributed by atoms with Crippen molar-refractivity contribution in [3.63, 3.8) is 0 Å². The van der Waals surface area contributed by atoms with Gasteiger partial charge in [0.15, 0.2) is 11.9 Å². The largest absolute Gasteiger partial charge is 0.455 e. The molecular weight excluding hydrogens is 476 g/mol. The number of benzene rings is 1. The topological polar surface area (TPSA) is 119 Å². The summed E-state index contributed by atoms with van der Waals surface area (Å²) in [5, 5.41) is 23.1. The Balaban J connectivity index is 1.72. The first kappa shape index (κ1) is 27.7. The van der Waals surface area contributed by atoms with Crippen molar-refractivity contribution < 1.29 is 38.8 Å². The first-order valence-corrected chi connectivity index (χ1v) is 13.5. The Bertz CT molecular complexity index is 979. The summed E-state index contributed by atoms with van der Waals surface area (Å²) in [6, 6.07) is 8.65. The Kier molecular flexibility index (Phi) is 8.41. The number of rotatable bonds is 8. The second-order valence-corrected chi connectivity index (χ2v) is 11.2. The fourth-order valence-corrected chi connectivity index (χ4v) is 6.91. The van der Waals surface area contributed by atoms with E-state index < -0.39 is 47.7 Å². The van der Waals surface area contributed by atoms with Gasteiger partial charge in [-0.2, -0.15) is 0 Å². The maximum absolute atomic E-state index is 13.3. The SMILES string of the molecule is CCC(=O)[C@H](OC(C)=O)C1C(C)CCC(O)([C@@H](OC(=O)c2ccccc2)[C@H]2C[C@@H](O)C[C@H]3OC[C@@H]23)[C@@H]1C. The molecule has 0 amide bonds. The van der Waals surface area contributed by atoms with Gasteiger partial charge in [-0.05, 0) is 49.7 Å². The van der Waals surface area contributed by atoms with Gasteiger partial charge in [-0.3, -0.25) is 9.59 Å². The van der Waals surface area contributed by atoms with E-state index in [1.807, 2.05) is 19.9 Å². The summed E-state index contributed by atoms with van der Waals surface area (Å²) in [5.41, 5.74) is -1.11. The van der Waals surface area contributed by atoms with Gasteiger partial charge in [0.1, 0.15) is 11.7 Å². The molecular formula is C29H40O8. The molecule has 1 aromatic carbocycles. The van der Waals surface area contributed by atoms with Gasteiger partial charge in [0.05, 0.1) is 24.4 Å². The molecule has 4 rings (SSSR count). The Morgan fingerprint density at radius 2 is 1.84 bits per heavy atom. The van der Waals surface area contributed by atoms with Crippen LogP contribution in [-0.2, 0) is 23.8 Å². The fourth-order valence-electron chi connectivity index (χ4n) is 6.91. The molecule has 1 aliphatic heterocycles. The van der Waals surface area contributed by atoms with Crippen LogP contribution in [0.2, 0.25) is 0 Å². The molecule has 3 unspecified atom stereocenters. The van der Waals surface area contributed by atoms with Crippen molar-refractivity contribution in [1.29, 1.82) is 0 Å². The summed E-state index contributed by atoms with van der Waals surface area (Å²) in [7, 11) is 0. The number of hydrogen-bond donors (Lipinski definition) is 2. The van der Waals surface area contributed by atoms with E-state index in [1.165, 1.54) is 6.92 Å². The predicted octanol–water partition coefficient (Wildman–Crippen LogP) is 3.32. The average Bonchev–Trinajstić information content (AvgIpc) is 2.85. The molecule has 3 fully saturated rings. The molecule has 10 atom stereocenters. The lowest BCUT2D eigenvalue weighted by Gasteiger charge is -2.56. The second-order valence-electron chi connectivity index (χ2n) is 11.2. The molecule has 0 spiro atoms. The lowest BCUT2D eigenvalue weighted by Crippen LogP contribution is -2.65. The van der Waals surface area contributed by atoms with Crippen LogP contribution in [0.1, 0.15) is 70.2 Å². The van der Waals surface area contributed by atoms with Gasteiger partial charge in [-0.25, -0.2) is 4.79 Å². The van der Waals surface area contributed by atoms with E-state index in [-0.39, 0.29) is 36.1 Å². The van der Waals surface area contributed by atoms with Crippen molar-refractivity contribution in [3.8, 4) is 0 Å². The van der Waals surface area contributed by atoms with Gasteiger partial charge >= 0.3 is 11.9 Å². The number of hydrogen-bond acceptors (Lipinski definition) is 8. The highest BCUT2D eigenvalue weighted by molar-refractivity contribution is 5.89. The summed E-state index contributed by atoms with van der Waals surface area (Å²) in [5.74, 6) is -2.52. The van der Waals surface area contributed by atoms with Crippen molar-refractivity contribution in [2.45, 2.75) is 89.8 Å². The zero-order chi connectivity index (χ0) is 26.9. The monoisotopic (exact) mass is 516 g/mol. The third-order valence-electron chi connectivity index (χ3n) is 9.04. The van der Waals surface area contributed by atoms with Crippen LogP contribution < -0.4 is 0 Å². The fraction of sp³-hybridized carbons (Fsp3) is 0.690. The Hall–Kier alpha value is -2.29. The minimum atomic E-state index is -1.49. The van der Waals surface area contributed by atoms with Crippen LogP contribution in [0.5, 0.6) is 0 Å². The molecule has 2 N–H and O–H groups in total. The highest BCUT2D eigenvalue weighted by Crippen LogP contribution is 2.52. The number of aliphatic hydroxyl groups is 2. The number of aliphatic hydroxyl groups excluding tert-OH is 1. The molecule has 0 radical (unpaired) electrons. The minimum absolute atomic E-state index is 0.00247. The van der Waals surface area contributed by atoms with Crippen LogP contribution in [0.3, 0.4) is 0 Å². The molecule has 8 nitrogen and oxygen atoms in total. The first-order chi connectivity index (χ1) is 17.6. The quantitative estimate of drug-likeness (QED) is 0.505. The van der Waals surface area contributed by atoms with Gasteiger partial charge in [0.25, 0.3) is 0 Å². The van der Waals surface area contributed by atoms with E-state index in [0.717, 1.165) is 0 Å². The van der Waals surface area contributed by atoms with Crippen molar-refractivity contribution in [2.75, 3.05) is 6.61 Å². The zero-order valence-corrected chi connectivity index (χ0v) is 22.2. The van der Waals surface area contributed by atoms with E-state index in [2.05, 4.69) is 0 Å². The third kappa shape index (κ3) is 5.47. The maximum atomic E-state index is 13.3. The van der Waals surface area contributed by atoms with E-state index in [4.69, 9.17) is 14.2 Å². The molecule has 0 aromatic heterocycles. The van der Waals surface area contributed by atoms with E-state index >= 15 is 0 Å². The van der Waals surface area contributed by atoms with Gasteiger partial charge < -0.3 is 24.4 Å². The van der Waals surface area contributed by atoms with Crippen molar-refractivity contribution in [3.05, 3.63) is 35.9 Å². The highest BCUT2D eigenvalue weighted by Gasteiger charge is 2.59. The van der Waals surface area contributed by atoms with Crippen molar-refractivity contribution in [2.24, 2.45) is 29.6 Å². The summed E-state index contributed by atoms with van der Waals surface area (Å²) in [4.78, 5) is 38.2. The number of ketones is 1. The van der Waals surface area contributed by atoms with E-state index in [9.17, 15) is 24.6 Å². The lowest BCUT2D eigenvalue weighted by atomic mass is 9.57. The van der Waals surface area contributed by atoms with Crippen LogP contribution >= 0.6 is 0 Å². The molecule has 37 heavy (non-hydrogen) atoms. The molecule has 1 aromatic rings. The van der Waals surface area contributed by atoms with Crippen molar-refractivity contribution >= 4 is 17.7 Å². The summed E-state index contributed by atoms with van der Waals surface area (Å²) < 4.78 is 17.4. The first-order valence-electron chi connectivity index (χ1n) is 13.5. The number of carbonyl (C=O) groups is 3. The number of esters is 2. The number of Topliss-reactive ketones (excluding diaryl/α,β-unsaturated/α-hetero) is 1. The minimum Gasteiger partial charge on any atom is -0.455 e. The smallest absolute Gasteiger partial charge is 0.338 e. The van der Waals surface area contributed by atoms with E-state index in [1.54, 1.807) is 31.2 Å². The molecule has 2 aliphatic carbocycles. The maximum Gasteiger partial charge on any atom is 0.338 e. The number of fused-ring (bicyclic) bond motifs is 1. The highest BCUT2D eigenvalue weighted by atomic mass is 16.6. The zero-order valence-electron chi connectivity index (χ0n) is 22.2. The normalized spacial score (nSPS) is 36.9. The van der Waals surface area contributed by atoms with Gasteiger partial charge in [-0.15, -0.1) is 0 Å². The molecule has 0 bridgehead atoms. The molecule has 204 valence electrons. The summed E-state index contributed by atoms with van der Waals surface area (Å²) in [6.45, 7) is 7.36. The van der Waals surface area contributed by atoms with E-state index in [0.29, 0.717) is 37.9 Å². The molecule has 2 saturated carbocycles. The van der Waals surface area contributed by atoms with Gasteiger partial charge in [-0.1, -0.05) is 39.0 Å². The van der Waals surface area contributed by atoms with Crippen LogP contribution in [0.4, 0.5) is 0 Å². The number of carbonyl (C=O) groups excluding carboxylic acids is 3. The van der Waals surface area contributed by atoms with Crippen LogP contribution in [-0.4, -0.2) is 64.6 Å².